The fourth-order valence-corrected chi connectivity index (χ4v) is 2.81. The number of likely N-dealkylation sites (tertiary alicyclic amines) is 1. The van der Waals surface area contributed by atoms with Gasteiger partial charge in [-0.1, -0.05) is 15.9 Å². The summed E-state index contributed by atoms with van der Waals surface area (Å²) >= 11 is 3.45. The van der Waals surface area contributed by atoms with Crippen LogP contribution in [0.5, 0.6) is 0 Å². The van der Waals surface area contributed by atoms with Gasteiger partial charge >= 0.3 is 0 Å². The van der Waals surface area contributed by atoms with Crippen LogP contribution in [0.2, 0.25) is 0 Å². The Hall–Kier alpha value is -0.910. The van der Waals surface area contributed by atoms with E-state index in [1.165, 1.54) is 0 Å². The molecular formula is C15H22BrN3O. The van der Waals surface area contributed by atoms with Crippen LogP contribution in [0, 0.1) is 12.8 Å². The minimum atomic E-state index is 0.0389. The van der Waals surface area contributed by atoms with Crippen molar-refractivity contribution in [3.05, 3.63) is 28.2 Å². The average molecular weight is 340 g/mol. The van der Waals surface area contributed by atoms with Crippen molar-refractivity contribution in [3.8, 4) is 0 Å². The van der Waals surface area contributed by atoms with Crippen molar-refractivity contribution >= 4 is 27.5 Å². The summed E-state index contributed by atoms with van der Waals surface area (Å²) in [6.07, 6.45) is 1.09. The molecule has 2 rings (SSSR count). The van der Waals surface area contributed by atoms with E-state index in [0.717, 1.165) is 35.2 Å². The van der Waals surface area contributed by atoms with Gasteiger partial charge < -0.3 is 11.1 Å². The van der Waals surface area contributed by atoms with Crippen molar-refractivity contribution in [1.82, 2.24) is 4.90 Å². The van der Waals surface area contributed by atoms with E-state index in [1.807, 2.05) is 32.0 Å². The van der Waals surface area contributed by atoms with Gasteiger partial charge in [-0.05, 0) is 56.5 Å². The van der Waals surface area contributed by atoms with Crippen LogP contribution in [-0.2, 0) is 4.79 Å². The Balaban J connectivity index is 1.85. The molecule has 1 aliphatic heterocycles. The Labute approximate surface area is 128 Å². The molecule has 1 heterocycles. The summed E-state index contributed by atoms with van der Waals surface area (Å²) in [6, 6.07) is 6.03. The summed E-state index contributed by atoms with van der Waals surface area (Å²) in [6.45, 7) is 6.37. The third-order valence-corrected chi connectivity index (χ3v) is 4.75. The van der Waals surface area contributed by atoms with Gasteiger partial charge in [-0.3, -0.25) is 9.69 Å². The number of carbonyl (C=O) groups is 1. The first-order valence-electron chi connectivity index (χ1n) is 6.99. The Morgan fingerprint density at radius 1 is 1.60 bits per heavy atom. The Kier molecular flexibility index (Phi) is 5.18. The van der Waals surface area contributed by atoms with Crippen LogP contribution in [-0.4, -0.2) is 36.5 Å². The van der Waals surface area contributed by atoms with E-state index in [-0.39, 0.29) is 11.9 Å². The predicted molar refractivity (Wildman–Crippen MR) is 85.7 cm³/mol. The number of rotatable bonds is 4. The number of hydrogen-bond acceptors (Lipinski definition) is 3. The van der Waals surface area contributed by atoms with Gasteiger partial charge in [0.05, 0.1) is 6.54 Å². The predicted octanol–water partition coefficient (Wildman–Crippen LogP) is 2.37. The second-order valence-corrected chi connectivity index (χ2v) is 6.51. The van der Waals surface area contributed by atoms with E-state index in [0.29, 0.717) is 12.5 Å². The Morgan fingerprint density at radius 3 is 2.95 bits per heavy atom. The highest BCUT2D eigenvalue weighted by Gasteiger charge is 2.26. The van der Waals surface area contributed by atoms with Crippen LogP contribution in [0.3, 0.4) is 0 Å². The zero-order chi connectivity index (χ0) is 14.7. The molecule has 0 saturated carbocycles. The molecule has 4 nitrogen and oxygen atoms in total. The molecule has 110 valence electrons. The molecule has 1 aromatic carbocycles. The van der Waals surface area contributed by atoms with Gasteiger partial charge in [0, 0.05) is 22.7 Å². The van der Waals surface area contributed by atoms with Crippen LogP contribution >= 0.6 is 15.9 Å². The summed E-state index contributed by atoms with van der Waals surface area (Å²) in [5, 5.41) is 2.95. The van der Waals surface area contributed by atoms with Gasteiger partial charge in [0.1, 0.15) is 0 Å². The molecule has 0 bridgehead atoms. The molecule has 0 radical (unpaired) electrons. The number of anilines is 1. The Morgan fingerprint density at radius 2 is 2.35 bits per heavy atom. The van der Waals surface area contributed by atoms with Gasteiger partial charge in [-0.15, -0.1) is 0 Å². The molecule has 2 atom stereocenters. The normalized spacial score (nSPS) is 20.9. The highest BCUT2D eigenvalue weighted by Crippen LogP contribution is 2.21. The highest BCUT2D eigenvalue weighted by molar-refractivity contribution is 9.10. The number of nitrogens with zero attached hydrogens (tertiary/aromatic N) is 1. The number of nitrogens with one attached hydrogen (secondary N) is 1. The molecule has 1 saturated heterocycles. The summed E-state index contributed by atoms with van der Waals surface area (Å²) in [5.74, 6) is 0.551. The first-order valence-corrected chi connectivity index (χ1v) is 7.79. The molecule has 5 heteroatoms. The van der Waals surface area contributed by atoms with E-state index in [4.69, 9.17) is 5.73 Å². The van der Waals surface area contributed by atoms with Crippen LogP contribution in [0.15, 0.2) is 22.7 Å². The topological polar surface area (TPSA) is 58.4 Å². The fourth-order valence-electron chi connectivity index (χ4n) is 2.56. The van der Waals surface area contributed by atoms with Crippen LogP contribution in [0.1, 0.15) is 18.9 Å². The minimum absolute atomic E-state index is 0.0389. The highest BCUT2D eigenvalue weighted by atomic mass is 79.9. The zero-order valence-corrected chi connectivity index (χ0v) is 13.6. The number of halogens is 1. The van der Waals surface area contributed by atoms with Crippen molar-refractivity contribution in [1.29, 1.82) is 0 Å². The van der Waals surface area contributed by atoms with Gasteiger partial charge in [0.2, 0.25) is 5.91 Å². The maximum absolute atomic E-state index is 12.0. The lowest BCUT2D eigenvalue weighted by molar-refractivity contribution is -0.117. The zero-order valence-electron chi connectivity index (χ0n) is 12.0. The number of nitrogens with two attached hydrogens (primary N) is 1. The molecule has 0 aliphatic carbocycles. The largest absolute Gasteiger partial charge is 0.328 e. The van der Waals surface area contributed by atoms with Crippen molar-refractivity contribution in [2.24, 2.45) is 11.7 Å². The lowest BCUT2D eigenvalue weighted by atomic mass is 10.0. The fraction of sp³-hybridized carbons (Fsp3) is 0.533. The van der Waals surface area contributed by atoms with Crippen molar-refractivity contribution in [2.75, 3.05) is 25.0 Å². The number of hydrogen-bond donors (Lipinski definition) is 2. The number of aryl methyl sites for hydroxylation is 1. The maximum atomic E-state index is 12.0. The van der Waals surface area contributed by atoms with E-state index >= 15 is 0 Å². The molecule has 1 aromatic rings. The van der Waals surface area contributed by atoms with Gasteiger partial charge in [-0.25, -0.2) is 0 Å². The maximum Gasteiger partial charge on any atom is 0.238 e. The average Bonchev–Trinajstić information content (AvgIpc) is 2.82. The summed E-state index contributed by atoms with van der Waals surface area (Å²) in [4.78, 5) is 14.2. The molecule has 1 amide bonds. The molecule has 1 aliphatic rings. The van der Waals surface area contributed by atoms with Crippen molar-refractivity contribution < 1.29 is 4.79 Å². The van der Waals surface area contributed by atoms with E-state index in [2.05, 4.69) is 26.1 Å². The number of carbonyl (C=O) groups excluding carboxylic acids is 1. The van der Waals surface area contributed by atoms with Gasteiger partial charge in [-0.2, -0.15) is 0 Å². The third-order valence-electron chi connectivity index (χ3n) is 3.86. The first-order chi connectivity index (χ1) is 9.45. The summed E-state index contributed by atoms with van der Waals surface area (Å²) in [7, 11) is 0. The van der Waals surface area contributed by atoms with Crippen molar-refractivity contribution in [3.63, 3.8) is 0 Å². The SMILES string of the molecule is Cc1cc(NC(=O)CN2CCC(C(C)N)C2)ccc1Br. The number of amides is 1. The second-order valence-electron chi connectivity index (χ2n) is 5.66. The quantitative estimate of drug-likeness (QED) is 0.885. The lowest BCUT2D eigenvalue weighted by Crippen LogP contribution is -2.34. The molecule has 0 aromatic heterocycles. The van der Waals surface area contributed by atoms with Gasteiger partial charge in [0.15, 0.2) is 0 Å². The van der Waals surface area contributed by atoms with Crippen LogP contribution in [0.25, 0.3) is 0 Å². The standard InChI is InChI=1S/C15H22BrN3O/c1-10-7-13(3-4-14(10)16)18-15(20)9-19-6-5-12(8-19)11(2)17/h3-4,7,11-12H,5-6,8-9,17H2,1-2H3,(H,18,20). The monoisotopic (exact) mass is 339 g/mol. The molecule has 20 heavy (non-hydrogen) atoms. The van der Waals surface area contributed by atoms with Crippen LogP contribution < -0.4 is 11.1 Å². The van der Waals surface area contributed by atoms with E-state index < -0.39 is 0 Å². The molecule has 0 spiro atoms. The van der Waals surface area contributed by atoms with E-state index in [9.17, 15) is 4.79 Å². The summed E-state index contributed by atoms with van der Waals surface area (Å²) < 4.78 is 1.05. The molecular weight excluding hydrogens is 318 g/mol. The number of benzene rings is 1. The summed E-state index contributed by atoms with van der Waals surface area (Å²) in [5.41, 5.74) is 7.87. The smallest absolute Gasteiger partial charge is 0.238 e. The second kappa shape index (κ2) is 6.70. The molecule has 1 fully saturated rings. The van der Waals surface area contributed by atoms with Crippen LogP contribution in [0.4, 0.5) is 5.69 Å². The molecule has 3 N–H and O–H groups in total. The van der Waals surface area contributed by atoms with Gasteiger partial charge in [0.25, 0.3) is 0 Å². The van der Waals surface area contributed by atoms with E-state index in [1.54, 1.807) is 0 Å². The van der Waals surface area contributed by atoms with Crippen molar-refractivity contribution in [2.45, 2.75) is 26.3 Å². The third kappa shape index (κ3) is 4.04. The minimum Gasteiger partial charge on any atom is -0.328 e. The lowest BCUT2D eigenvalue weighted by Gasteiger charge is -2.17. The molecule has 2 unspecified atom stereocenters. The first kappa shape index (κ1) is 15.5. The Bertz CT molecular complexity index is 490.